The summed E-state index contributed by atoms with van der Waals surface area (Å²) in [5.74, 6) is 0. The van der Waals surface area contributed by atoms with Crippen molar-refractivity contribution in [3.63, 3.8) is 0 Å². The smallest absolute Gasteiger partial charge is 0.0294 e. The molecule has 0 saturated heterocycles. The average Bonchev–Trinajstić information content (AvgIpc) is 2.15. The molecule has 1 rings (SSSR count). The van der Waals surface area contributed by atoms with E-state index in [0.717, 1.165) is 10.9 Å². The molecule has 1 aromatic rings. The lowest BCUT2D eigenvalue weighted by molar-refractivity contribution is 0.603. The number of unbranched alkanes of at least 4 members (excludes halogenated alkanes) is 1. The number of nitrogens with two attached hydrogens (primary N) is 1. The molecule has 0 aliphatic heterocycles. The monoisotopic (exact) mass is 241 g/mol. The molecule has 0 spiro atoms. The van der Waals surface area contributed by atoms with Crippen molar-refractivity contribution in [1.29, 1.82) is 0 Å². The zero-order valence-electron chi connectivity index (χ0n) is 7.96. The van der Waals surface area contributed by atoms with Gasteiger partial charge in [-0.2, -0.15) is 0 Å². The summed E-state index contributed by atoms with van der Waals surface area (Å²) in [4.78, 5) is 0. The predicted molar refractivity (Wildman–Crippen MR) is 60.6 cm³/mol. The third-order valence-corrected chi connectivity index (χ3v) is 2.70. The van der Waals surface area contributed by atoms with Crippen LogP contribution < -0.4 is 5.73 Å². The largest absolute Gasteiger partial charge is 0.324 e. The van der Waals surface area contributed by atoms with E-state index < -0.39 is 0 Å². The van der Waals surface area contributed by atoms with Crippen LogP contribution in [0.1, 0.15) is 37.8 Å². The maximum Gasteiger partial charge on any atom is 0.0294 e. The fraction of sp³-hybridized carbons (Fsp3) is 0.455. The second-order valence-electron chi connectivity index (χ2n) is 3.30. The Hall–Kier alpha value is -0.340. The van der Waals surface area contributed by atoms with Crippen molar-refractivity contribution in [3.8, 4) is 0 Å². The lowest BCUT2D eigenvalue weighted by atomic mass is 10.0. The van der Waals surface area contributed by atoms with Gasteiger partial charge < -0.3 is 5.73 Å². The lowest BCUT2D eigenvalue weighted by Gasteiger charge is -2.10. The maximum atomic E-state index is 6.02. The van der Waals surface area contributed by atoms with Crippen molar-refractivity contribution in [2.24, 2.45) is 5.73 Å². The Morgan fingerprint density at radius 2 is 1.92 bits per heavy atom. The van der Waals surface area contributed by atoms with E-state index >= 15 is 0 Å². The summed E-state index contributed by atoms with van der Waals surface area (Å²) < 4.78 is 1.11. The minimum atomic E-state index is 0.202. The normalized spacial score (nSPS) is 12.8. The Kier molecular flexibility index (Phi) is 4.46. The van der Waals surface area contributed by atoms with E-state index in [9.17, 15) is 0 Å². The summed E-state index contributed by atoms with van der Waals surface area (Å²) in [5, 5.41) is 0. The van der Waals surface area contributed by atoms with Gasteiger partial charge in [-0.05, 0) is 24.1 Å². The van der Waals surface area contributed by atoms with Crippen LogP contribution in [-0.2, 0) is 0 Å². The molecule has 0 fully saturated rings. The second-order valence-corrected chi connectivity index (χ2v) is 4.22. The molecule has 0 aliphatic carbocycles. The molecule has 1 nitrogen and oxygen atoms in total. The molecular formula is C11H16BrN. The minimum Gasteiger partial charge on any atom is -0.324 e. The molecule has 1 unspecified atom stereocenters. The predicted octanol–water partition coefficient (Wildman–Crippen LogP) is 3.64. The molecule has 0 radical (unpaired) electrons. The number of hydrogen-bond donors (Lipinski definition) is 1. The van der Waals surface area contributed by atoms with Gasteiger partial charge in [-0.1, -0.05) is 47.8 Å². The van der Waals surface area contributed by atoms with Crippen LogP contribution in [0.5, 0.6) is 0 Å². The Bertz CT molecular complexity index is 243. The number of rotatable bonds is 4. The summed E-state index contributed by atoms with van der Waals surface area (Å²) in [6, 6.07) is 8.46. The van der Waals surface area contributed by atoms with Crippen LogP contribution in [-0.4, -0.2) is 0 Å². The van der Waals surface area contributed by atoms with E-state index in [0.29, 0.717) is 0 Å². The fourth-order valence-electron chi connectivity index (χ4n) is 1.30. The third-order valence-electron chi connectivity index (χ3n) is 2.17. The van der Waals surface area contributed by atoms with Gasteiger partial charge in [0.1, 0.15) is 0 Å². The van der Waals surface area contributed by atoms with E-state index in [1.54, 1.807) is 0 Å². The molecule has 1 atom stereocenters. The van der Waals surface area contributed by atoms with Crippen LogP contribution in [0, 0.1) is 0 Å². The zero-order chi connectivity index (χ0) is 9.68. The van der Waals surface area contributed by atoms with E-state index in [-0.39, 0.29) is 6.04 Å². The van der Waals surface area contributed by atoms with Crippen LogP contribution in [0.15, 0.2) is 28.7 Å². The molecule has 2 N–H and O–H groups in total. The standard InChI is InChI=1S/C11H16BrN/c1-2-3-4-11(13)9-5-7-10(12)8-6-9/h5-8,11H,2-4,13H2,1H3. The van der Waals surface area contributed by atoms with Crippen molar-refractivity contribution >= 4 is 15.9 Å². The number of halogens is 1. The van der Waals surface area contributed by atoms with Crippen molar-refractivity contribution in [2.45, 2.75) is 32.2 Å². The second kappa shape index (κ2) is 5.40. The molecule has 0 bridgehead atoms. The first-order valence-corrected chi connectivity index (χ1v) is 5.54. The van der Waals surface area contributed by atoms with Crippen LogP contribution in [0.4, 0.5) is 0 Å². The van der Waals surface area contributed by atoms with Gasteiger partial charge in [0.15, 0.2) is 0 Å². The molecule has 13 heavy (non-hydrogen) atoms. The zero-order valence-corrected chi connectivity index (χ0v) is 9.55. The van der Waals surface area contributed by atoms with Crippen molar-refractivity contribution in [2.75, 3.05) is 0 Å². The average molecular weight is 242 g/mol. The first kappa shape index (κ1) is 10.7. The molecule has 2 heteroatoms. The number of hydrogen-bond acceptors (Lipinski definition) is 1. The number of benzene rings is 1. The Labute approximate surface area is 88.5 Å². The van der Waals surface area contributed by atoms with Crippen LogP contribution in [0.2, 0.25) is 0 Å². The van der Waals surface area contributed by atoms with Gasteiger partial charge in [-0.25, -0.2) is 0 Å². The highest BCUT2D eigenvalue weighted by Crippen LogP contribution is 2.19. The highest BCUT2D eigenvalue weighted by molar-refractivity contribution is 9.10. The highest BCUT2D eigenvalue weighted by Gasteiger charge is 2.03. The van der Waals surface area contributed by atoms with Gasteiger partial charge >= 0.3 is 0 Å². The summed E-state index contributed by atoms with van der Waals surface area (Å²) in [6.07, 6.45) is 3.50. The molecule has 1 aromatic carbocycles. The van der Waals surface area contributed by atoms with Crippen LogP contribution in [0.3, 0.4) is 0 Å². The molecule has 0 aromatic heterocycles. The summed E-state index contributed by atoms with van der Waals surface area (Å²) in [6.45, 7) is 2.19. The first-order valence-electron chi connectivity index (χ1n) is 4.75. The first-order chi connectivity index (χ1) is 6.24. The quantitative estimate of drug-likeness (QED) is 0.856. The Morgan fingerprint density at radius 1 is 1.31 bits per heavy atom. The minimum absolute atomic E-state index is 0.202. The molecular weight excluding hydrogens is 226 g/mol. The van der Waals surface area contributed by atoms with Gasteiger partial charge in [-0.3, -0.25) is 0 Å². The maximum absolute atomic E-state index is 6.02. The summed E-state index contributed by atoms with van der Waals surface area (Å²) >= 11 is 3.41. The molecule has 72 valence electrons. The SMILES string of the molecule is CCCCC(N)c1ccc(Br)cc1. The Morgan fingerprint density at radius 3 is 2.46 bits per heavy atom. The summed E-state index contributed by atoms with van der Waals surface area (Å²) in [7, 11) is 0. The van der Waals surface area contributed by atoms with Gasteiger partial charge in [-0.15, -0.1) is 0 Å². The topological polar surface area (TPSA) is 26.0 Å². The van der Waals surface area contributed by atoms with Gasteiger partial charge in [0.05, 0.1) is 0 Å². The summed E-state index contributed by atoms with van der Waals surface area (Å²) in [5.41, 5.74) is 7.25. The van der Waals surface area contributed by atoms with Crippen LogP contribution in [0.25, 0.3) is 0 Å². The van der Waals surface area contributed by atoms with E-state index in [1.165, 1.54) is 18.4 Å². The molecule has 0 saturated carbocycles. The van der Waals surface area contributed by atoms with Crippen molar-refractivity contribution in [1.82, 2.24) is 0 Å². The van der Waals surface area contributed by atoms with Gasteiger partial charge in [0.25, 0.3) is 0 Å². The van der Waals surface area contributed by atoms with Gasteiger partial charge in [0, 0.05) is 10.5 Å². The lowest BCUT2D eigenvalue weighted by Crippen LogP contribution is -2.09. The van der Waals surface area contributed by atoms with Crippen molar-refractivity contribution < 1.29 is 0 Å². The highest BCUT2D eigenvalue weighted by atomic mass is 79.9. The molecule has 0 aliphatic rings. The molecule has 0 heterocycles. The van der Waals surface area contributed by atoms with E-state index in [4.69, 9.17) is 5.73 Å². The van der Waals surface area contributed by atoms with E-state index in [2.05, 4.69) is 35.0 Å². The van der Waals surface area contributed by atoms with Crippen LogP contribution >= 0.6 is 15.9 Å². The van der Waals surface area contributed by atoms with Crippen molar-refractivity contribution in [3.05, 3.63) is 34.3 Å². The van der Waals surface area contributed by atoms with E-state index in [1.807, 2.05) is 12.1 Å². The molecule has 0 amide bonds. The van der Waals surface area contributed by atoms with Gasteiger partial charge in [0.2, 0.25) is 0 Å². The Balaban J connectivity index is 2.55. The fourth-order valence-corrected chi connectivity index (χ4v) is 1.57. The third kappa shape index (κ3) is 3.49.